The Balaban J connectivity index is 1.98. The molecule has 0 aliphatic heterocycles. The monoisotopic (exact) mass is 349 g/mol. The molecule has 0 aliphatic rings. The zero-order valence-corrected chi connectivity index (χ0v) is 14.3. The minimum atomic E-state index is -0.292. The topological polar surface area (TPSA) is 75.7 Å². The van der Waals surface area contributed by atoms with Crippen LogP contribution in [0.15, 0.2) is 76.7 Å². The molecular weight excluding hydrogens is 334 g/mol. The standard InChI is InChI=1S/C19H15N3O2S/c1-13-18(24)20-19(22-21-13)25-17(15-10-6-3-7-11-15)12-16(23)14-8-4-2-5-9-14/h2-12H,1H3,(H,20,22,24)/b17-12+. The summed E-state index contributed by atoms with van der Waals surface area (Å²) in [6, 6.07) is 18.5. The van der Waals surface area contributed by atoms with Crippen LogP contribution in [-0.4, -0.2) is 21.0 Å². The molecule has 1 N–H and O–H groups in total. The van der Waals surface area contributed by atoms with E-state index in [-0.39, 0.29) is 11.3 Å². The van der Waals surface area contributed by atoms with Gasteiger partial charge in [0.25, 0.3) is 5.56 Å². The second-order valence-corrected chi connectivity index (χ2v) is 6.28. The summed E-state index contributed by atoms with van der Waals surface area (Å²) in [4.78, 5) is 27.6. The number of rotatable bonds is 5. The van der Waals surface area contributed by atoms with Crippen LogP contribution in [0.3, 0.4) is 0 Å². The molecule has 0 spiro atoms. The number of carbonyl (C=O) groups is 1. The first kappa shape index (κ1) is 16.9. The molecular formula is C19H15N3O2S. The number of nitrogens with one attached hydrogen (secondary N) is 1. The van der Waals surface area contributed by atoms with Crippen molar-refractivity contribution in [3.63, 3.8) is 0 Å². The van der Waals surface area contributed by atoms with Gasteiger partial charge in [-0.1, -0.05) is 60.7 Å². The second-order valence-electron chi connectivity index (χ2n) is 5.25. The van der Waals surface area contributed by atoms with E-state index in [0.29, 0.717) is 21.3 Å². The number of benzene rings is 2. The summed E-state index contributed by atoms with van der Waals surface area (Å²) in [5, 5.41) is 8.17. The van der Waals surface area contributed by atoms with E-state index in [0.717, 1.165) is 5.56 Å². The summed E-state index contributed by atoms with van der Waals surface area (Å²) in [5.41, 5.74) is 1.47. The molecule has 3 aromatic rings. The molecule has 1 aromatic heterocycles. The van der Waals surface area contributed by atoms with Gasteiger partial charge < -0.3 is 0 Å². The smallest absolute Gasteiger partial charge is 0.273 e. The van der Waals surface area contributed by atoms with Gasteiger partial charge in [-0.2, -0.15) is 0 Å². The lowest BCUT2D eigenvalue weighted by Crippen LogP contribution is -2.14. The van der Waals surface area contributed by atoms with Crippen LogP contribution < -0.4 is 5.56 Å². The lowest BCUT2D eigenvalue weighted by Gasteiger charge is -2.07. The van der Waals surface area contributed by atoms with Crippen LogP contribution >= 0.6 is 11.8 Å². The van der Waals surface area contributed by atoms with E-state index in [1.54, 1.807) is 25.1 Å². The molecule has 0 fully saturated rings. The van der Waals surface area contributed by atoms with Gasteiger partial charge in [-0.25, -0.2) is 0 Å². The maximum Gasteiger partial charge on any atom is 0.273 e. The highest BCUT2D eigenvalue weighted by Gasteiger charge is 2.11. The average Bonchev–Trinajstić information content (AvgIpc) is 2.65. The Labute approximate surface area is 148 Å². The highest BCUT2D eigenvalue weighted by molar-refractivity contribution is 8.08. The Bertz CT molecular complexity index is 967. The van der Waals surface area contributed by atoms with E-state index in [9.17, 15) is 9.59 Å². The van der Waals surface area contributed by atoms with E-state index in [2.05, 4.69) is 15.2 Å². The predicted octanol–water partition coefficient (Wildman–Crippen LogP) is 3.49. The van der Waals surface area contributed by atoms with Crippen molar-refractivity contribution in [3.8, 4) is 0 Å². The quantitative estimate of drug-likeness (QED) is 0.433. The number of aromatic nitrogens is 3. The fourth-order valence-electron chi connectivity index (χ4n) is 2.11. The van der Waals surface area contributed by atoms with Gasteiger partial charge in [0.2, 0.25) is 0 Å². The van der Waals surface area contributed by atoms with Crippen molar-refractivity contribution in [1.29, 1.82) is 0 Å². The third-order valence-corrected chi connectivity index (χ3v) is 4.38. The fourth-order valence-corrected chi connectivity index (χ4v) is 2.96. The lowest BCUT2D eigenvalue weighted by atomic mass is 10.1. The Morgan fingerprint density at radius 3 is 2.16 bits per heavy atom. The molecule has 0 bridgehead atoms. The van der Waals surface area contributed by atoms with Crippen LogP contribution in [0.4, 0.5) is 0 Å². The molecule has 0 radical (unpaired) electrons. The molecule has 1 heterocycles. The normalized spacial score (nSPS) is 11.3. The van der Waals surface area contributed by atoms with Gasteiger partial charge in [0, 0.05) is 16.5 Å². The summed E-state index contributed by atoms with van der Waals surface area (Å²) < 4.78 is 0. The van der Waals surface area contributed by atoms with Crippen LogP contribution in [0, 0.1) is 6.92 Å². The van der Waals surface area contributed by atoms with Gasteiger partial charge in [-0.05, 0) is 24.2 Å². The van der Waals surface area contributed by atoms with Crippen LogP contribution in [0.25, 0.3) is 4.91 Å². The number of aromatic amines is 1. The third-order valence-electron chi connectivity index (χ3n) is 3.43. The number of H-pyrrole nitrogens is 1. The van der Waals surface area contributed by atoms with Crippen LogP contribution in [-0.2, 0) is 0 Å². The van der Waals surface area contributed by atoms with Gasteiger partial charge in [0.1, 0.15) is 5.69 Å². The zero-order valence-electron chi connectivity index (χ0n) is 13.5. The number of allylic oxidation sites excluding steroid dienone is 1. The Hall–Kier alpha value is -2.99. The number of ketones is 1. The van der Waals surface area contributed by atoms with E-state index in [1.165, 1.54) is 11.8 Å². The van der Waals surface area contributed by atoms with Crippen LogP contribution in [0.2, 0.25) is 0 Å². The minimum Gasteiger partial charge on any atom is -0.298 e. The van der Waals surface area contributed by atoms with Gasteiger partial charge in [0.05, 0.1) is 0 Å². The van der Waals surface area contributed by atoms with E-state index < -0.39 is 0 Å². The molecule has 0 aliphatic carbocycles. The molecule has 124 valence electrons. The summed E-state index contributed by atoms with van der Waals surface area (Å²) in [5.74, 6) is -0.116. The minimum absolute atomic E-state index is 0.116. The number of thioether (sulfide) groups is 1. The molecule has 0 unspecified atom stereocenters. The average molecular weight is 349 g/mol. The number of hydrogen-bond acceptors (Lipinski definition) is 5. The van der Waals surface area contributed by atoms with Crippen molar-refractivity contribution in [2.24, 2.45) is 0 Å². The lowest BCUT2D eigenvalue weighted by molar-refractivity contribution is 0.104. The van der Waals surface area contributed by atoms with Gasteiger partial charge in [-0.15, -0.1) is 10.2 Å². The van der Waals surface area contributed by atoms with E-state index >= 15 is 0 Å². The van der Waals surface area contributed by atoms with Crippen molar-refractivity contribution in [2.75, 3.05) is 0 Å². The Kier molecular flexibility index (Phi) is 5.20. The molecule has 2 aromatic carbocycles. The first-order valence-electron chi connectivity index (χ1n) is 7.61. The van der Waals surface area contributed by atoms with Gasteiger partial charge in [-0.3, -0.25) is 14.6 Å². The molecule has 6 heteroatoms. The third kappa shape index (κ3) is 4.30. The SMILES string of the molecule is Cc1nnc(S/C(=C/C(=O)c2ccccc2)c2ccccc2)[nH]c1=O. The second kappa shape index (κ2) is 7.72. The van der Waals surface area contributed by atoms with E-state index in [4.69, 9.17) is 0 Å². The number of hydrogen-bond donors (Lipinski definition) is 1. The zero-order chi connectivity index (χ0) is 17.6. The van der Waals surface area contributed by atoms with Gasteiger partial charge >= 0.3 is 0 Å². The highest BCUT2D eigenvalue weighted by Crippen LogP contribution is 2.31. The largest absolute Gasteiger partial charge is 0.298 e. The number of aryl methyl sites for hydroxylation is 1. The van der Waals surface area contributed by atoms with Crippen molar-refractivity contribution in [1.82, 2.24) is 15.2 Å². The van der Waals surface area contributed by atoms with Crippen LogP contribution in [0.1, 0.15) is 21.6 Å². The summed E-state index contributed by atoms with van der Waals surface area (Å²) >= 11 is 1.20. The summed E-state index contributed by atoms with van der Waals surface area (Å²) in [6.07, 6.45) is 1.55. The molecule has 0 saturated heterocycles. The Morgan fingerprint density at radius 2 is 1.56 bits per heavy atom. The van der Waals surface area contributed by atoms with Gasteiger partial charge in [0.15, 0.2) is 10.9 Å². The maximum absolute atomic E-state index is 12.5. The molecule has 5 nitrogen and oxygen atoms in total. The first-order chi connectivity index (χ1) is 12.1. The van der Waals surface area contributed by atoms with Crippen LogP contribution in [0.5, 0.6) is 0 Å². The first-order valence-corrected chi connectivity index (χ1v) is 8.43. The maximum atomic E-state index is 12.5. The highest BCUT2D eigenvalue weighted by atomic mass is 32.2. The summed E-state index contributed by atoms with van der Waals surface area (Å²) in [7, 11) is 0. The summed E-state index contributed by atoms with van der Waals surface area (Å²) in [6.45, 7) is 1.59. The van der Waals surface area contributed by atoms with Crippen molar-refractivity contribution >= 4 is 22.5 Å². The molecule has 0 atom stereocenters. The fraction of sp³-hybridized carbons (Fsp3) is 0.0526. The molecule has 0 amide bonds. The molecule has 3 rings (SSSR count). The molecule has 0 saturated carbocycles. The molecule has 25 heavy (non-hydrogen) atoms. The van der Waals surface area contributed by atoms with Crippen molar-refractivity contribution in [2.45, 2.75) is 12.1 Å². The Morgan fingerprint density at radius 1 is 0.960 bits per heavy atom. The number of carbonyl (C=O) groups excluding carboxylic acids is 1. The number of nitrogens with zero attached hydrogens (tertiary/aromatic N) is 2. The predicted molar refractivity (Wildman–Crippen MR) is 98.4 cm³/mol. The van der Waals surface area contributed by atoms with Crippen molar-refractivity contribution < 1.29 is 4.79 Å². The van der Waals surface area contributed by atoms with Crippen molar-refractivity contribution in [3.05, 3.63) is 93.9 Å². The van der Waals surface area contributed by atoms with E-state index in [1.807, 2.05) is 48.5 Å².